The molecule has 1 aliphatic carbocycles. The number of likely N-dealkylation sites (N-methyl/N-ethyl adjacent to an activating group) is 1. The summed E-state index contributed by atoms with van der Waals surface area (Å²) >= 11 is 0. The summed E-state index contributed by atoms with van der Waals surface area (Å²) in [5.41, 5.74) is 7.19. The third-order valence-electron chi connectivity index (χ3n) is 6.45. The molecule has 2 aromatic carbocycles. The van der Waals surface area contributed by atoms with E-state index >= 15 is 0 Å². The first-order valence-corrected chi connectivity index (χ1v) is 10.2. The topological polar surface area (TPSA) is 6.25 Å². The van der Waals surface area contributed by atoms with Crippen LogP contribution in [0, 0.1) is 0 Å². The molecule has 4 rings (SSSR count). The Morgan fingerprint density at radius 3 is 2.46 bits per heavy atom. The van der Waals surface area contributed by atoms with Gasteiger partial charge in [-0.05, 0) is 67.0 Å². The molecule has 0 atom stereocenters. The van der Waals surface area contributed by atoms with Gasteiger partial charge in [0.15, 0.2) is 0 Å². The summed E-state index contributed by atoms with van der Waals surface area (Å²) in [6.45, 7) is 15.9. The van der Waals surface area contributed by atoms with E-state index < -0.39 is 0 Å². The molecule has 0 saturated carbocycles. The van der Waals surface area contributed by atoms with Crippen LogP contribution in [0.25, 0.3) is 6.08 Å². The Labute approximate surface area is 157 Å². The number of hydrogen-bond donors (Lipinski definition) is 0. The Kier molecular flexibility index (Phi) is 4.17. The van der Waals surface area contributed by atoms with Gasteiger partial charge in [0, 0.05) is 42.2 Å². The lowest BCUT2D eigenvalue weighted by molar-refractivity contribution is 0.619. The summed E-state index contributed by atoms with van der Waals surface area (Å²) in [6, 6.07) is 12.0. The molecular formula is C24H31N2+. The van der Waals surface area contributed by atoms with Crippen molar-refractivity contribution in [3.8, 4) is 0 Å². The van der Waals surface area contributed by atoms with Crippen molar-refractivity contribution in [3.63, 3.8) is 0 Å². The standard InChI is InChI=1S/C24H31N2/c1-6-25(7-2)20-10-9-17-13-19-14-18-11-12-26(8-3)23(18)16-22(19)24(4,5)21(17)15-20/h9-10,13-16H,6-8,11-12H2,1-5H3/q+1. The molecule has 26 heavy (non-hydrogen) atoms. The minimum Gasteiger partial charge on any atom is -0.372 e. The van der Waals surface area contributed by atoms with E-state index in [4.69, 9.17) is 0 Å². The van der Waals surface area contributed by atoms with Crippen molar-refractivity contribution in [2.45, 2.75) is 46.5 Å². The minimum absolute atomic E-state index is 0.0274. The molecule has 2 heteroatoms. The lowest BCUT2D eigenvalue weighted by Gasteiger charge is -2.33. The van der Waals surface area contributed by atoms with Gasteiger partial charge in [-0.25, -0.2) is 4.58 Å². The number of benzene rings is 2. The zero-order chi connectivity index (χ0) is 18.5. The second-order valence-electron chi connectivity index (χ2n) is 8.11. The highest BCUT2D eigenvalue weighted by Gasteiger charge is 2.32. The maximum atomic E-state index is 2.52. The molecule has 0 spiro atoms. The van der Waals surface area contributed by atoms with Crippen LogP contribution in [0.4, 0.5) is 5.69 Å². The van der Waals surface area contributed by atoms with Crippen LogP contribution in [-0.2, 0) is 11.8 Å². The van der Waals surface area contributed by atoms with Gasteiger partial charge in [-0.15, -0.1) is 0 Å². The van der Waals surface area contributed by atoms with E-state index in [0.29, 0.717) is 0 Å². The fourth-order valence-corrected chi connectivity index (χ4v) is 4.82. The van der Waals surface area contributed by atoms with Crippen LogP contribution in [0.3, 0.4) is 0 Å². The maximum absolute atomic E-state index is 2.52. The molecule has 0 radical (unpaired) electrons. The quantitative estimate of drug-likeness (QED) is 0.771. The molecule has 2 aliphatic rings. The van der Waals surface area contributed by atoms with E-state index in [1.54, 1.807) is 0 Å². The summed E-state index contributed by atoms with van der Waals surface area (Å²) < 4.78 is 2.52. The molecule has 136 valence electrons. The van der Waals surface area contributed by atoms with Crippen molar-refractivity contribution in [3.05, 3.63) is 63.2 Å². The van der Waals surface area contributed by atoms with Gasteiger partial charge in [0.2, 0.25) is 5.36 Å². The number of anilines is 1. The van der Waals surface area contributed by atoms with Gasteiger partial charge in [0.05, 0.1) is 0 Å². The van der Waals surface area contributed by atoms with Gasteiger partial charge in [-0.1, -0.05) is 19.9 Å². The van der Waals surface area contributed by atoms with E-state index in [1.807, 2.05) is 0 Å². The highest BCUT2D eigenvalue weighted by molar-refractivity contribution is 5.68. The van der Waals surface area contributed by atoms with Gasteiger partial charge in [-0.2, -0.15) is 0 Å². The lowest BCUT2D eigenvalue weighted by Crippen LogP contribution is -2.36. The molecule has 2 nitrogen and oxygen atoms in total. The summed E-state index contributed by atoms with van der Waals surface area (Å²) in [5.74, 6) is 0. The molecule has 0 aromatic heterocycles. The first-order chi connectivity index (χ1) is 12.5. The van der Waals surface area contributed by atoms with Crippen LogP contribution in [0.15, 0.2) is 30.3 Å². The lowest BCUT2D eigenvalue weighted by atomic mass is 9.71. The molecule has 0 bridgehead atoms. The van der Waals surface area contributed by atoms with E-state index in [9.17, 15) is 0 Å². The van der Waals surface area contributed by atoms with Crippen LogP contribution < -0.4 is 20.1 Å². The molecule has 0 saturated heterocycles. The van der Waals surface area contributed by atoms with Gasteiger partial charge < -0.3 is 4.90 Å². The normalized spacial score (nSPS) is 16.6. The Bertz CT molecular complexity index is 978. The van der Waals surface area contributed by atoms with Gasteiger partial charge in [0.1, 0.15) is 13.1 Å². The molecule has 2 aromatic rings. The molecular weight excluding hydrogens is 316 g/mol. The largest absolute Gasteiger partial charge is 0.372 e. The molecule has 0 unspecified atom stereocenters. The van der Waals surface area contributed by atoms with Crippen molar-refractivity contribution >= 4 is 11.8 Å². The molecule has 1 aliphatic heterocycles. The first kappa shape index (κ1) is 17.3. The minimum atomic E-state index is 0.0274. The third kappa shape index (κ3) is 2.50. The van der Waals surface area contributed by atoms with Crippen molar-refractivity contribution in [1.29, 1.82) is 0 Å². The predicted molar refractivity (Wildman–Crippen MR) is 112 cm³/mol. The zero-order valence-corrected chi connectivity index (χ0v) is 16.9. The summed E-state index contributed by atoms with van der Waals surface area (Å²) in [6.07, 6.45) is 3.58. The molecule has 0 fully saturated rings. The Balaban J connectivity index is 1.94. The number of hydrogen-bond acceptors (Lipinski definition) is 1. The third-order valence-corrected chi connectivity index (χ3v) is 6.45. The molecule has 0 N–H and O–H groups in total. The monoisotopic (exact) mass is 347 g/mol. The van der Waals surface area contributed by atoms with Crippen molar-refractivity contribution in [2.24, 2.45) is 0 Å². The van der Waals surface area contributed by atoms with Crippen LogP contribution >= 0.6 is 0 Å². The Morgan fingerprint density at radius 2 is 1.77 bits per heavy atom. The average molecular weight is 348 g/mol. The van der Waals surface area contributed by atoms with E-state index in [1.165, 1.54) is 44.9 Å². The zero-order valence-electron chi connectivity index (χ0n) is 16.9. The van der Waals surface area contributed by atoms with E-state index in [2.05, 4.69) is 80.5 Å². The van der Waals surface area contributed by atoms with Crippen LogP contribution in [0.2, 0.25) is 0 Å². The fraction of sp³-hybridized carbons (Fsp3) is 0.458. The fourth-order valence-electron chi connectivity index (χ4n) is 4.82. The van der Waals surface area contributed by atoms with E-state index in [-0.39, 0.29) is 5.41 Å². The summed E-state index contributed by atoms with van der Waals surface area (Å²) in [7, 11) is 0. The van der Waals surface area contributed by atoms with E-state index in [0.717, 1.165) is 26.2 Å². The van der Waals surface area contributed by atoms with Crippen molar-refractivity contribution < 1.29 is 0 Å². The van der Waals surface area contributed by atoms with Crippen LogP contribution in [-0.4, -0.2) is 26.2 Å². The maximum Gasteiger partial charge on any atom is 0.203 e. The second kappa shape index (κ2) is 6.26. The number of fused-ring (bicyclic) bond motifs is 3. The second-order valence-corrected chi connectivity index (χ2v) is 8.11. The molecule has 1 heterocycles. The van der Waals surface area contributed by atoms with Crippen LogP contribution in [0.1, 0.15) is 56.9 Å². The molecule has 0 amide bonds. The predicted octanol–water partition coefficient (Wildman–Crippen LogP) is 3.07. The highest BCUT2D eigenvalue weighted by atomic mass is 15.1. The smallest absolute Gasteiger partial charge is 0.203 e. The van der Waals surface area contributed by atoms with Gasteiger partial charge in [-0.3, -0.25) is 0 Å². The SMILES string of the molecule is CCN(CC)c1ccc2c(c1)C(C)(C)c1cc3c(cc1=C2)CC[N+]=3CC. The first-order valence-electron chi connectivity index (χ1n) is 10.2. The average Bonchev–Trinajstić information content (AvgIpc) is 3.04. The Morgan fingerprint density at radius 1 is 1.00 bits per heavy atom. The van der Waals surface area contributed by atoms with Crippen molar-refractivity contribution in [1.82, 2.24) is 4.58 Å². The summed E-state index contributed by atoms with van der Waals surface area (Å²) in [4.78, 5) is 2.44. The van der Waals surface area contributed by atoms with Gasteiger partial charge >= 0.3 is 0 Å². The number of rotatable bonds is 4. The van der Waals surface area contributed by atoms with Crippen LogP contribution in [0.5, 0.6) is 0 Å². The Hall–Kier alpha value is -2.09. The number of nitrogens with zero attached hydrogens (tertiary/aromatic N) is 2. The van der Waals surface area contributed by atoms with Crippen molar-refractivity contribution in [2.75, 3.05) is 31.1 Å². The highest BCUT2D eigenvalue weighted by Crippen LogP contribution is 2.37. The summed E-state index contributed by atoms with van der Waals surface area (Å²) in [5, 5.41) is 2.87. The van der Waals surface area contributed by atoms with Gasteiger partial charge in [0.25, 0.3) is 0 Å².